The van der Waals surface area contributed by atoms with E-state index >= 15 is 0 Å². The lowest BCUT2D eigenvalue weighted by molar-refractivity contribution is -0.387. The number of nitrogens with zero attached hydrogens (tertiary/aromatic N) is 3. The summed E-state index contributed by atoms with van der Waals surface area (Å²) in [6.07, 6.45) is 0.892. The number of nitro groups is 1. The smallest absolute Gasteiger partial charge is 0.306 e. The van der Waals surface area contributed by atoms with Gasteiger partial charge < -0.3 is 4.98 Å². The summed E-state index contributed by atoms with van der Waals surface area (Å²) in [7, 11) is -3.99. The van der Waals surface area contributed by atoms with E-state index in [1.807, 2.05) is 24.3 Å². The monoisotopic (exact) mass is 402 g/mol. The Morgan fingerprint density at radius 2 is 1.68 bits per heavy atom. The van der Waals surface area contributed by atoms with Crippen LogP contribution < -0.4 is 5.69 Å². The summed E-state index contributed by atoms with van der Waals surface area (Å²) in [6.45, 7) is 0.371. The molecular formula is C18H18N4O5S. The lowest BCUT2D eigenvalue weighted by atomic mass is 10.1. The summed E-state index contributed by atoms with van der Waals surface area (Å²) in [5.41, 5.74) is 0.869. The lowest BCUT2D eigenvalue weighted by Gasteiger charge is -2.31. The number of para-hydroxylation sites is 3. The molecule has 3 aromatic rings. The molecule has 0 radical (unpaired) electrons. The molecule has 0 bridgehead atoms. The Labute approximate surface area is 160 Å². The molecule has 0 spiro atoms. The van der Waals surface area contributed by atoms with Crippen LogP contribution in [0.25, 0.3) is 11.0 Å². The third-order valence-electron chi connectivity index (χ3n) is 5.09. The van der Waals surface area contributed by atoms with Crippen LogP contribution in [0.15, 0.2) is 58.2 Å². The van der Waals surface area contributed by atoms with E-state index < -0.39 is 20.6 Å². The van der Waals surface area contributed by atoms with Crippen molar-refractivity contribution in [3.05, 3.63) is 69.1 Å². The molecule has 2 heterocycles. The highest BCUT2D eigenvalue weighted by Gasteiger charge is 2.34. The van der Waals surface area contributed by atoms with Gasteiger partial charge in [-0.15, -0.1) is 0 Å². The van der Waals surface area contributed by atoms with E-state index in [0.29, 0.717) is 12.8 Å². The largest absolute Gasteiger partial charge is 0.326 e. The quantitative estimate of drug-likeness (QED) is 0.530. The number of hydrogen-bond acceptors (Lipinski definition) is 5. The topological polar surface area (TPSA) is 118 Å². The highest BCUT2D eigenvalue weighted by Crippen LogP contribution is 2.31. The van der Waals surface area contributed by atoms with Crippen molar-refractivity contribution >= 4 is 26.7 Å². The molecule has 9 nitrogen and oxygen atoms in total. The SMILES string of the molecule is O=c1[nH]c2ccccc2n1C1CCN(S(=O)(=O)c2ccccc2[N+](=O)[O-])CC1. The zero-order chi connectivity index (χ0) is 19.9. The number of benzene rings is 2. The fraction of sp³-hybridized carbons (Fsp3) is 0.278. The first kappa shape index (κ1) is 18.4. The van der Waals surface area contributed by atoms with Crippen molar-refractivity contribution in [2.24, 2.45) is 0 Å². The number of rotatable bonds is 4. The van der Waals surface area contributed by atoms with Gasteiger partial charge in [0.1, 0.15) is 0 Å². The summed E-state index contributed by atoms with van der Waals surface area (Å²) in [6, 6.07) is 12.6. The fourth-order valence-corrected chi connectivity index (χ4v) is 5.37. The summed E-state index contributed by atoms with van der Waals surface area (Å²) in [5.74, 6) is 0. The van der Waals surface area contributed by atoms with Gasteiger partial charge in [-0.3, -0.25) is 14.7 Å². The van der Waals surface area contributed by atoms with E-state index in [0.717, 1.165) is 11.0 Å². The normalized spacial score (nSPS) is 16.4. The van der Waals surface area contributed by atoms with Crippen LogP contribution in [0, 0.1) is 10.1 Å². The van der Waals surface area contributed by atoms with Gasteiger partial charge in [0.15, 0.2) is 4.90 Å². The molecular weight excluding hydrogens is 384 g/mol. The summed E-state index contributed by atoms with van der Waals surface area (Å²) in [4.78, 5) is 25.4. The summed E-state index contributed by atoms with van der Waals surface area (Å²) in [5, 5.41) is 11.2. The van der Waals surface area contributed by atoms with E-state index in [2.05, 4.69) is 4.98 Å². The van der Waals surface area contributed by atoms with Crippen molar-refractivity contribution in [2.75, 3.05) is 13.1 Å². The number of fused-ring (bicyclic) bond motifs is 1. The van der Waals surface area contributed by atoms with Gasteiger partial charge in [0.2, 0.25) is 10.0 Å². The number of aromatic amines is 1. The second kappa shape index (κ2) is 6.88. The number of H-pyrrole nitrogens is 1. The summed E-state index contributed by atoms with van der Waals surface area (Å²) >= 11 is 0. The van der Waals surface area contributed by atoms with Gasteiger partial charge in [-0.2, -0.15) is 4.31 Å². The number of piperidine rings is 1. The molecule has 2 aromatic carbocycles. The van der Waals surface area contributed by atoms with Gasteiger partial charge in [0.05, 0.1) is 16.0 Å². The van der Waals surface area contributed by atoms with E-state index in [-0.39, 0.29) is 29.7 Å². The second-order valence-corrected chi connectivity index (χ2v) is 8.58. The van der Waals surface area contributed by atoms with Crippen molar-refractivity contribution < 1.29 is 13.3 Å². The molecule has 0 unspecified atom stereocenters. The zero-order valence-electron chi connectivity index (χ0n) is 14.8. The van der Waals surface area contributed by atoms with Crippen LogP contribution in [-0.2, 0) is 10.0 Å². The minimum absolute atomic E-state index is 0.138. The van der Waals surface area contributed by atoms with Crippen LogP contribution in [-0.4, -0.2) is 40.3 Å². The van der Waals surface area contributed by atoms with E-state index in [9.17, 15) is 23.3 Å². The van der Waals surface area contributed by atoms with E-state index in [1.54, 1.807) is 4.57 Å². The van der Waals surface area contributed by atoms with Crippen LogP contribution in [0.5, 0.6) is 0 Å². The maximum absolute atomic E-state index is 12.9. The van der Waals surface area contributed by atoms with Gasteiger partial charge >= 0.3 is 5.69 Å². The highest BCUT2D eigenvalue weighted by atomic mass is 32.2. The Hall–Kier alpha value is -2.98. The molecule has 0 aliphatic carbocycles. The molecule has 1 aromatic heterocycles. The van der Waals surface area contributed by atoms with Gasteiger partial charge in [-0.05, 0) is 31.0 Å². The molecule has 1 N–H and O–H groups in total. The maximum Gasteiger partial charge on any atom is 0.326 e. The predicted molar refractivity (Wildman–Crippen MR) is 103 cm³/mol. The number of imidazole rings is 1. The molecule has 28 heavy (non-hydrogen) atoms. The van der Waals surface area contributed by atoms with Gasteiger partial charge in [-0.25, -0.2) is 13.2 Å². The van der Waals surface area contributed by atoms with Crippen LogP contribution in [0.4, 0.5) is 5.69 Å². The zero-order valence-corrected chi connectivity index (χ0v) is 15.6. The number of hydrogen-bond donors (Lipinski definition) is 1. The van der Waals surface area contributed by atoms with Gasteiger partial charge in [0, 0.05) is 25.2 Å². The fourth-order valence-electron chi connectivity index (χ4n) is 3.74. The first-order chi connectivity index (χ1) is 13.4. The second-order valence-electron chi connectivity index (χ2n) is 6.68. The summed E-state index contributed by atoms with van der Waals surface area (Å²) < 4.78 is 28.8. The van der Waals surface area contributed by atoms with Crippen molar-refractivity contribution in [1.82, 2.24) is 13.9 Å². The Balaban J connectivity index is 1.60. The van der Waals surface area contributed by atoms with E-state index in [4.69, 9.17) is 0 Å². The van der Waals surface area contributed by atoms with Crippen molar-refractivity contribution in [1.29, 1.82) is 0 Å². The third-order valence-corrected chi connectivity index (χ3v) is 7.04. The molecule has 4 rings (SSSR count). The average Bonchev–Trinajstić information content (AvgIpc) is 3.03. The highest BCUT2D eigenvalue weighted by molar-refractivity contribution is 7.89. The van der Waals surface area contributed by atoms with E-state index in [1.165, 1.54) is 28.6 Å². The molecule has 1 aliphatic heterocycles. The Morgan fingerprint density at radius 1 is 1.04 bits per heavy atom. The molecule has 0 amide bonds. The van der Waals surface area contributed by atoms with Gasteiger partial charge in [0.25, 0.3) is 5.69 Å². The lowest BCUT2D eigenvalue weighted by Crippen LogP contribution is -2.40. The van der Waals surface area contributed by atoms with Gasteiger partial charge in [-0.1, -0.05) is 24.3 Å². The number of nitrogens with one attached hydrogen (secondary N) is 1. The molecule has 0 saturated carbocycles. The minimum atomic E-state index is -3.99. The number of sulfonamides is 1. The Bertz CT molecular complexity index is 1210. The molecule has 10 heteroatoms. The Morgan fingerprint density at radius 3 is 2.39 bits per heavy atom. The molecule has 1 saturated heterocycles. The maximum atomic E-state index is 12.9. The predicted octanol–water partition coefficient (Wildman–Crippen LogP) is 2.26. The first-order valence-corrected chi connectivity index (χ1v) is 10.3. The third kappa shape index (κ3) is 3.00. The van der Waals surface area contributed by atoms with Crippen LogP contribution in [0.3, 0.4) is 0 Å². The molecule has 0 atom stereocenters. The van der Waals surface area contributed by atoms with Crippen LogP contribution >= 0.6 is 0 Å². The molecule has 1 fully saturated rings. The minimum Gasteiger partial charge on any atom is -0.306 e. The number of nitro benzene ring substituents is 1. The average molecular weight is 402 g/mol. The van der Waals surface area contributed by atoms with Crippen LogP contribution in [0.2, 0.25) is 0 Å². The number of aromatic nitrogens is 2. The Kier molecular flexibility index (Phi) is 4.52. The van der Waals surface area contributed by atoms with Crippen molar-refractivity contribution in [2.45, 2.75) is 23.8 Å². The van der Waals surface area contributed by atoms with Crippen molar-refractivity contribution in [3.63, 3.8) is 0 Å². The molecule has 146 valence electrons. The van der Waals surface area contributed by atoms with Crippen molar-refractivity contribution in [3.8, 4) is 0 Å². The standard InChI is InChI=1S/C18H18N4O5S/c23-18-19-14-5-1-2-6-15(14)21(18)13-9-11-20(12-10-13)28(26,27)17-8-4-3-7-16(17)22(24)25/h1-8,13H,9-12H2,(H,19,23). The van der Waals surface area contributed by atoms with Crippen LogP contribution in [0.1, 0.15) is 18.9 Å². The molecule has 1 aliphatic rings. The first-order valence-electron chi connectivity index (χ1n) is 8.82.